The molecular formula is C28H33ClFN5O2. The van der Waals surface area contributed by atoms with Gasteiger partial charge in [-0.15, -0.1) is 0 Å². The zero-order valence-corrected chi connectivity index (χ0v) is 22.1. The quantitative estimate of drug-likeness (QED) is 0.415. The lowest BCUT2D eigenvalue weighted by Gasteiger charge is -2.29. The molecule has 0 unspecified atom stereocenters. The van der Waals surface area contributed by atoms with Crippen LogP contribution in [0.4, 0.5) is 10.2 Å². The lowest BCUT2D eigenvalue weighted by atomic mass is 9.99. The van der Waals surface area contributed by atoms with E-state index in [1.54, 1.807) is 18.2 Å². The lowest BCUT2D eigenvalue weighted by molar-refractivity contribution is 0.264. The van der Waals surface area contributed by atoms with Gasteiger partial charge in [0.25, 0.3) is 0 Å². The van der Waals surface area contributed by atoms with E-state index in [0.717, 1.165) is 44.4 Å². The summed E-state index contributed by atoms with van der Waals surface area (Å²) in [6.07, 6.45) is 4.03. The van der Waals surface area contributed by atoms with Gasteiger partial charge < -0.3 is 25.0 Å². The Kier molecular flexibility index (Phi) is 9.10. The van der Waals surface area contributed by atoms with E-state index in [0.29, 0.717) is 28.6 Å². The first-order valence-corrected chi connectivity index (χ1v) is 12.8. The lowest BCUT2D eigenvalue weighted by Crippen LogP contribution is -2.44. The number of hydrogen-bond donors (Lipinski definition) is 2. The summed E-state index contributed by atoms with van der Waals surface area (Å²) in [5.41, 5.74) is 0.862. The largest absolute Gasteiger partial charge is 0.463 e. The van der Waals surface area contributed by atoms with Crippen LogP contribution in [-0.4, -0.2) is 80.0 Å². The van der Waals surface area contributed by atoms with Crippen molar-refractivity contribution < 1.29 is 14.2 Å². The number of aliphatic hydroxyl groups is 1. The van der Waals surface area contributed by atoms with Gasteiger partial charge >= 0.3 is 6.01 Å². The van der Waals surface area contributed by atoms with Gasteiger partial charge in [0, 0.05) is 43.7 Å². The average molecular weight is 526 g/mol. The summed E-state index contributed by atoms with van der Waals surface area (Å²) < 4.78 is 22.3. The highest BCUT2D eigenvalue weighted by atomic mass is 35.5. The van der Waals surface area contributed by atoms with Gasteiger partial charge in [0.1, 0.15) is 11.3 Å². The second-order valence-electron chi connectivity index (χ2n) is 9.11. The van der Waals surface area contributed by atoms with E-state index < -0.39 is 5.82 Å². The third-order valence-electron chi connectivity index (χ3n) is 6.28. The molecule has 1 saturated heterocycles. The molecule has 2 N–H and O–H groups in total. The molecule has 37 heavy (non-hydrogen) atoms. The molecule has 0 bridgehead atoms. The Morgan fingerprint density at radius 2 is 2.03 bits per heavy atom. The normalized spacial score (nSPS) is 15.4. The number of hydrogen-bond acceptors (Lipinski definition) is 7. The molecule has 7 nitrogen and oxygen atoms in total. The minimum Gasteiger partial charge on any atom is -0.463 e. The Labute approximate surface area is 221 Å². The molecule has 1 fully saturated rings. The molecule has 1 aliphatic heterocycles. The van der Waals surface area contributed by atoms with E-state index in [4.69, 9.17) is 16.3 Å². The Bertz CT molecular complexity index is 1390. The van der Waals surface area contributed by atoms with E-state index >= 15 is 4.39 Å². The minimum atomic E-state index is -0.562. The third-order valence-corrected chi connectivity index (χ3v) is 6.57. The number of piperazine rings is 1. The molecule has 0 spiro atoms. The van der Waals surface area contributed by atoms with Crippen molar-refractivity contribution in [2.75, 3.05) is 64.9 Å². The van der Waals surface area contributed by atoms with E-state index in [9.17, 15) is 5.11 Å². The molecule has 9 heteroatoms. The highest BCUT2D eigenvalue weighted by molar-refractivity contribution is 6.33. The number of anilines is 1. The molecule has 3 aromatic rings. The van der Waals surface area contributed by atoms with Gasteiger partial charge in [-0.1, -0.05) is 54.6 Å². The second kappa shape index (κ2) is 12.5. The first-order valence-electron chi connectivity index (χ1n) is 12.4. The number of aromatic nitrogens is 2. The topological polar surface area (TPSA) is 73.8 Å². The van der Waals surface area contributed by atoms with Gasteiger partial charge in [-0.05, 0) is 42.6 Å². The molecule has 0 atom stereocenters. The van der Waals surface area contributed by atoms with Crippen LogP contribution >= 0.6 is 11.6 Å². The van der Waals surface area contributed by atoms with Crippen molar-refractivity contribution in [2.24, 2.45) is 0 Å². The van der Waals surface area contributed by atoms with Gasteiger partial charge in [0.15, 0.2) is 5.82 Å². The van der Waals surface area contributed by atoms with Gasteiger partial charge in [0.05, 0.1) is 18.2 Å². The SMILES string of the molecule is C=C/C(c1c(Cl)cc2c(N3CCNCC3)nc(OCCCN(C)C)nc2c1F)=c1/cccc/c1=C/CO. The summed E-state index contributed by atoms with van der Waals surface area (Å²) in [7, 11) is 4.00. The monoisotopic (exact) mass is 525 g/mol. The highest BCUT2D eigenvalue weighted by Gasteiger charge is 2.24. The maximum absolute atomic E-state index is 16.4. The Morgan fingerprint density at radius 3 is 2.73 bits per heavy atom. The molecular weight excluding hydrogens is 493 g/mol. The molecule has 0 aliphatic carbocycles. The number of rotatable bonds is 9. The van der Waals surface area contributed by atoms with Crippen LogP contribution in [0, 0.1) is 5.82 Å². The van der Waals surface area contributed by atoms with E-state index in [2.05, 4.69) is 31.7 Å². The molecule has 1 aromatic heterocycles. The summed E-state index contributed by atoms with van der Waals surface area (Å²) in [5, 5.41) is 15.1. The number of allylic oxidation sites excluding steroid dienone is 1. The summed E-state index contributed by atoms with van der Waals surface area (Å²) in [6.45, 7) is 8.10. The highest BCUT2D eigenvalue weighted by Crippen LogP contribution is 2.36. The Hall–Kier alpha value is -3.04. The first kappa shape index (κ1) is 27.0. The molecule has 0 amide bonds. The Balaban J connectivity index is 1.93. The van der Waals surface area contributed by atoms with Crippen LogP contribution in [0.1, 0.15) is 12.0 Å². The number of benzene rings is 2. The predicted octanol–water partition coefficient (Wildman–Crippen LogP) is 2.32. The summed E-state index contributed by atoms with van der Waals surface area (Å²) >= 11 is 6.75. The fourth-order valence-corrected chi connectivity index (χ4v) is 4.79. The number of nitrogens with zero attached hydrogens (tertiary/aromatic N) is 4. The van der Waals surface area contributed by atoms with Crippen LogP contribution in [0.25, 0.3) is 22.6 Å². The molecule has 0 saturated carbocycles. The van der Waals surface area contributed by atoms with Crippen LogP contribution in [0.15, 0.2) is 43.0 Å². The van der Waals surface area contributed by atoms with E-state index in [1.165, 1.54) is 0 Å². The molecule has 4 rings (SSSR count). The minimum absolute atomic E-state index is 0.140. The van der Waals surface area contributed by atoms with Gasteiger partial charge in [0.2, 0.25) is 0 Å². The van der Waals surface area contributed by atoms with Crippen molar-refractivity contribution >= 4 is 40.0 Å². The van der Waals surface area contributed by atoms with Crippen molar-refractivity contribution in [3.05, 3.63) is 69.8 Å². The number of halogens is 2. The van der Waals surface area contributed by atoms with Crippen molar-refractivity contribution in [2.45, 2.75) is 6.42 Å². The number of nitrogens with one attached hydrogen (secondary N) is 1. The fraction of sp³-hybridized carbons (Fsp3) is 0.357. The van der Waals surface area contributed by atoms with Crippen molar-refractivity contribution in [1.29, 1.82) is 0 Å². The molecule has 2 aromatic carbocycles. The Morgan fingerprint density at radius 1 is 1.27 bits per heavy atom. The maximum Gasteiger partial charge on any atom is 0.319 e. The molecule has 196 valence electrons. The predicted molar refractivity (Wildman–Crippen MR) is 148 cm³/mol. The van der Waals surface area contributed by atoms with Crippen LogP contribution in [-0.2, 0) is 0 Å². The summed E-state index contributed by atoms with van der Waals surface area (Å²) in [6, 6.07) is 9.28. The van der Waals surface area contributed by atoms with Crippen molar-refractivity contribution in [3.8, 4) is 6.01 Å². The number of fused-ring (bicyclic) bond motifs is 1. The molecule has 1 aliphatic rings. The average Bonchev–Trinajstić information content (AvgIpc) is 2.90. The second-order valence-corrected chi connectivity index (χ2v) is 9.51. The van der Waals surface area contributed by atoms with Crippen molar-refractivity contribution in [3.63, 3.8) is 0 Å². The maximum atomic E-state index is 16.4. The zero-order chi connectivity index (χ0) is 26.4. The zero-order valence-electron chi connectivity index (χ0n) is 21.3. The molecule has 0 radical (unpaired) electrons. The van der Waals surface area contributed by atoms with E-state index in [1.807, 2.05) is 38.4 Å². The van der Waals surface area contributed by atoms with Crippen molar-refractivity contribution in [1.82, 2.24) is 20.2 Å². The van der Waals surface area contributed by atoms with Crippen LogP contribution in [0.2, 0.25) is 5.02 Å². The standard InChI is InChI=1S/C28H33ClFN5O2/c1-4-20(21-9-6-5-8-19(21)10-16-36)24-23(29)18-22-26(25(24)30)32-28(37-17-7-13-34(2)3)33-27(22)35-14-11-31-12-15-35/h4-6,8-10,18,31,36H,1,7,11-17H2,2-3H3/b19-10-,21-20+. The molecule has 2 heterocycles. The number of aliphatic hydroxyl groups excluding tert-OH is 1. The van der Waals surface area contributed by atoms with Gasteiger partial charge in [-0.3, -0.25) is 0 Å². The van der Waals surface area contributed by atoms with Crippen LogP contribution < -0.4 is 25.4 Å². The fourth-order valence-electron chi connectivity index (χ4n) is 4.50. The van der Waals surface area contributed by atoms with Gasteiger partial charge in [-0.2, -0.15) is 9.97 Å². The van der Waals surface area contributed by atoms with E-state index in [-0.39, 0.29) is 28.7 Å². The summed E-state index contributed by atoms with van der Waals surface area (Å²) in [5.74, 6) is 0.0451. The first-order chi connectivity index (χ1) is 17.9. The smallest absolute Gasteiger partial charge is 0.319 e. The van der Waals surface area contributed by atoms with Gasteiger partial charge in [-0.25, -0.2) is 4.39 Å². The summed E-state index contributed by atoms with van der Waals surface area (Å²) in [4.78, 5) is 13.4. The third kappa shape index (κ3) is 6.10. The van der Waals surface area contributed by atoms with Crippen LogP contribution in [0.5, 0.6) is 6.01 Å². The number of ether oxygens (including phenoxy) is 1. The van der Waals surface area contributed by atoms with Crippen LogP contribution in [0.3, 0.4) is 0 Å².